The minimum Gasteiger partial charge on any atom is -0.507 e. The summed E-state index contributed by atoms with van der Waals surface area (Å²) in [6.07, 6.45) is -9.50. The Morgan fingerprint density at radius 1 is 0.840 bits per heavy atom. The van der Waals surface area contributed by atoms with Crippen LogP contribution in [0.5, 0.6) is 17.2 Å². The summed E-state index contributed by atoms with van der Waals surface area (Å²) in [5.74, 6) is -9.72. The van der Waals surface area contributed by atoms with Gasteiger partial charge in [-0.2, -0.15) is 0 Å². The van der Waals surface area contributed by atoms with E-state index in [0.29, 0.717) is 0 Å². The Morgan fingerprint density at radius 3 is 1.98 bits per heavy atom. The molecule has 0 aromatic heterocycles. The second-order valence-corrected chi connectivity index (χ2v) is 12.3. The van der Waals surface area contributed by atoms with Gasteiger partial charge in [-0.1, -0.05) is 19.1 Å². The first-order valence-corrected chi connectivity index (χ1v) is 15.6. The molecule has 2 aromatic rings. The number of carbonyl (C=O) groups is 6. The minimum absolute atomic E-state index is 0.174. The van der Waals surface area contributed by atoms with Gasteiger partial charge in [-0.25, -0.2) is 0 Å². The highest BCUT2D eigenvalue weighted by Gasteiger charge is 2.57. The van der Waals surface area contributed by atoms with Crippen LogP contribution in [0.1, 0.15) is 102 Å². The molecule has 0 spiro atoms. The molecule has 2 aliphatic carbocycles. The van der Waals surface area contributed by atoms with E-state index < -0.39 is 135 Å². The normalized spacial score (nSPS) is 28.4. The highest BCUT2D eigenvalue weighted by molar-refractivity contribution is 6.31. The van der Waals surface area contributed by atoms with E-state index >= 15 is 0 Å². The molecule has 0 bridgehead atoms. The number of rotatable bonds is 7. The Morgan fingerprint density at radius 2 is 1.40 bits per heavy atom. The molecule has 3 aliphatic rings. The van der Waals surface area contributed by atoms with Crippen molar-refractivity contribution in [3.63, 3.8) is 0 Å². The Hall–Kier alpha value is -5.06. The number of hydrogen-bond donors (Lipinski definition) is 4. The summed E-state index contributed by atoms with van der Waals surface area (Å²) in [7, 11) is 1.03. The number of ketones is 2. The number of hydrogen-bond acceptors (Lipinski definition) is 16. The van der Waals surface area contributed by atoms with Crippen LogP contribution in [0.4, 0.5) is 0 Å². The zero-order valence-electron chi connectivity index (χ0n) is 27.9. The Bertz CT molecular complexity index is 1800. The molecule has 268 valence electrons. The van der Waals surface area contributed by atoms with Gasteiger partial charge in [0.25, 0.3) is 0 Å². The molecule has 1 aliphatic heterocycles. The van der Waals surface area contributed by atoms with Gasteiger partial charge in [0.2, 0.25) is 5.78 Å². The highest BCUT2D eigenvalue weighted by atomic mass is 16.7. The first kappa shape index (κ1) is 36.2. The van der Waals surface area contributed by atoms with Crippen LogP contribution in [0.15, 0.2) is 18.2 Å². The number of fused-ring (bicyclic) bond motifs is 3. The van der Waals surface area contributed by atoms with E-state index in [-0.39, 0.29) is 12.0 Å². The van der Waals surface area contributed by atoms with E-state index in [1.807, 2.05) is 0 Å². The van der Waals surface area contributed by atoms with Crippen molar-refractivity contribution in [1.82, 2.24) is 0 Å². The van der Waals surface area contributed by atoms with Crippen LogP contribution in [0.2, 0.25) is 0 Å². The molecule has 0 saturated carbocycles. The highest BCUT2D eigenvalue weighted by Crippen LogP contribution is 2.57. The van der Waals surface area contributed by atoms with E-state index in [0.717, 1.165) is 33.9 Å². The first-order valence-electron chi connectivity index (χ1n) is 15.6. The molecule has 5 rings (SSSR count). The van der Waals surface area contributed by atoms with Crippen molar-refractivity contribution < 1.29 is 77.6 Å². The van der Waals surface area contributed by atoms with E-state index in [4.69, 9.17) is 28.4 Å². The standard InChI is InChI=1S/C34H36O16/c1-7-34(44)11-18(50-33-31(49-15(5)37)30(48-14(4)36)29(12(2)46-33)47-13(3)35)20-21(24(34)32(43)45-6)28(42)22-23(27(20)41)26(40)19-16(25(22)39)9-8-10-17(19)38/h8-10,12,18,24,29-31,33,38,41-42,44H,7,11H2,1-6H3/t12-,18-,24-,29+,30+,31-,33-,34+/m0/s1. The fourth-order valence-corrected chi connectivity index (χ4v) is 7.02. The average molecular weight is 701 g/mol. The third kappa shape index (κ3) is 5.92. The molecule has 8 atom stereocenters. The zero-order chi connectivity index (χ0) is 37.0. The Balaban J connectivity index is 1.74. The van der Waals surface area contributed by atoms with Gasteiger partial charge in [-0.15, -0.1) is 0 Å². The van der Waals surface area contributed by atoms with Gasteiger partial charge in [0.05, 0.1) is 41.6 Å². The average Bonchev–Trinajstić information content (AvgIpc) is 3.03. The molecule has 1 saturated heterocycles. The largest absolute Gasteiger partial charge is 0.507 e. The third-order valence-electron chi connectivity index (χ3n) is 9.16. The van der Waals surface area contributed by atoms with Crippen molar-refractivity contribution in [2.24, 2.45) is 0 Å². The molecule has 1 fully saturated rings. The zero-order valence-corrected chi connectivity index (χ0v) is 27.9. The fraction of sp³-hybridized carbons (Fsp3) is 0.471. The molecule has 4 N–H and O–H groups in total. The third-order valence-corrected chi connectivity index (χ3v) is 9.16. The summed E-state index contributed by atoms with van der Waals surface area (Å²) in [6, 6.07) is 3.69. The lowest BCUT2D eigenvalue weighted by Crippen LogP contribution is -2.61. The second kappa shape index (κ2) is 13.3. The topological polar surface area (TPSA) is 239 Å². The van der Waals surface area contributed by atoms with Crippen LogP contribution in [-0.2, 0) is 47.6 Å². The van der Waals surface area contributed by atoms with Crippen molar-refractivity contribution in [3.8, 4) is 17.2 Å². The van der Waals surface area contributed by atoms with Crippen molar-refractivity contribution >= 4 is 35.4 Å². The van der Waals surface area contributed by atoms with Gasteiger partial charge in [0.15, 0.2) is 30.4 Å². The minimum atomic E-state index is -2.09. The van der Waals surface area contributed by atoms with E-state index in [1.165, 1.54) is 26.0 Å². The molecule has 0 amide bonds. The van der Waals surface area contributed by atoms with E-state index in [2.05, 4.69) is 0 Å². The smallest absolute Gasteiger partial charge is 0.316 e. The van der Waals surface area contributed by atoms with Gasteiger partial charge < -0.3 is 48.8 Å². The van der Waals surface area contributed by atoms with Gasteiger partial charge in [0, 0.05) is 43.9 Å². The van der Waals surface area contributed by atoms with Crippen LogP contribution < -0.4 is 0 Å². The number of aromatic hydroxyl groups is 3. The maximum atomic E-state index is 13.8. The first-order chi connectivity index (χ1) is 23.5. The predicted octanol–water partition coefficient (Wildman–Crippen LogP) is 1.98. The second-order valence-electron chi connectivity index (χ2n) is 12.3. The van der Waals surface area contributed by atoms with Crippen LogP contribution in [0.25, 0.3) is 0 Å². The van der Waals surface area contributed by atoms with Gasteiger partial charge >= 0.3 is 23.9 Å². The Kier molecular flexibility index (Phi) is 9.66. The number of esters is 4. The van der Waals surface area contributed by atoms with E-state index in [9.17, 15) is 49.2 Å². The van der Waals surface area contributed by atoms with Crippen LogP contribution in [0.3, 0.4) is 0 Å². The van der Waals surface area contributed by atoms with Gasteiger partial charge in [-0.05, 0) is 19.4 Å². The number of benzene rings is 2. The lowest BCUT2D eigenvalue weighted by Gasteiger charge is -2.47. The van der Waals surface area contributed by atoms with Crippen molar-refractivity contribution in [1.29, 1.82) is 0 Å². The molecular weight excluding hydrogens is 664 g/mol. The number of carbonyl (C=O) groups excluding carboxylic acids is 6. The summed E-state index contributed by atoms with van der Waals surface area (Å²) in [6.45, 7) is 6.17. The van der Waals surface area contributed by atoms with Crippen molar-refractivity contribution in [3.05, 3.63) is 51.6 Å². The van der Waals surface area contributed by atoms with Crippen LogP contribution in [-0.4, -0.2) is 99.3 Å². The summed E-state index contributed by atoms with van der Waals surface area (Å²) >= 11 is 0. The van der Waals surface area contributed by atoms with Gasteiger partial charge in [0.1, 0.15) is 23.2 Å². The quantitative estimate of drug-likeness (QED) is 0.157. The number of aliphatic hydroxyl groups is 1. The lowest BCUT2D eigenvalue weighted by atomic mass is 9.66. The van der Waals surface area contributed by atoms with Crippen molar-refractivity contribution in [2.45, 2.75) is 95.8 Å². The maximum Gasteiger partial charge on any atom is 0.316 e. The molecule has 50 heavy (non-hydrogen) atoms. The summed E-state index contributed by atoms with van der Waals surface area (Å²) in [4.78, 5) is 77.4. The molecule has 0 radical (unpaired) electrons. The molecule has 1 heterocycles. The lowest BCUT2D eigenvalue weighted by molar-refractivity contribution is -0.314. The molecular formula is C34H36O16. The van der Waals surface area contributed by atoms with Crippen LogP contribution >= 0.6 is 0 Å². The fourth-order valence-electron chi connectivity index (χ4n) is 7.02. The number of phenolic OH excluding ortho intramolecular Hbond substituents is 3. The Labute approximate surface area is 284 Å². The maximum absolute atomic E-state index is 13.8. The monoisotopic (exact) mass is 700 g/mol. The number of methoxy groups -OCH3 is 1. The van der Waals surface area contributed by atoms with Crippen LogP contribution in [0, 0.1) is 0 Å². The molecule has 0 unspecified atom stereocenters. The number of ether oxygens (including phenoxy) is 6. The number of phenols is 3. The molecule has 2 aromatic carbocycles. The molecule has 16 heteroatoms. The summed E-state index contributed by atoms with van der Waals surface area (Å²) in [5, 5.41) is 46.2. The summed E-state index contributed by atoms with van der Waals surface area (Å²) < 4.78 is 33.5. The summed E-state index contributed by atoms with van der Waals surface area (Å²) in [5.41, 5.74) is -5.11. The predicted molar refractivity (Wildman–Crippen MR) is 164 cm³/mol. The van der Waals surface area contributed by atoms with Gasteiger partial charge in [-0.3, -0.25) is 28.8 Å². The van der Waals surface area contributed by atoms with E-state index in [1.54, 1.807) is 0 Å². The molecule has 16 nitrogen and oxygen atoms in total. The SMILES string of the molecule is CC[C@@]1(O)C[C@H](O[C@@H]2O[C@@H](C)[C@@H](OC(C)=O)[C@@H](OC(C)=O)[C@@H]2OC(C)=O)c2c(O)c3c(c(O)c2[C@H]1C(=O)OC)C(=O)c1cccc(O)c1C3=O. The van der Waals surface area contributed by atoms with Crippen molar-refractivity contribution in [2.75, 3.05) is 7.11 Å².